The highest BCUT2D eigenvalue weighted by atomic mass is 79.9. The van der Waals surface area contributed by atoms with Crippen molar-refractivity contribution in [2.75, 3.05) is 42.7 Å². The lowest BCUT2D eigenvalue weighted by Gasteiger charge is -2.24. The van der Waals surface area contributed by atoms with Gasteiger partial charge in [-0.2, -0.15) is 0 Å². The lowest BCUT2D eigenvalue weighted by atomic mass is 10.7. The zero-order valence-corrected chi connectivity index (χ0v) is 18.6. The van der Waals surface area contributed by atoms with Crippen molar-refractivity contribution in [2.24, 2.45) is 0 Å². The predicted octanol–water partition coefficient (Wildman–Crippen LogP) is 1.44. The second-order valence-electron chi connectivity index (χ2n) is 3.73. The van der Waals surface area contributed by atoms with Crippen molar-refractivity contribution in [1.82, 2.24) is 0 Å². The summed E-state index contributed by atoms with van der Waals surface area (Å²) in [6.07, 6.45) is 0. The molecule has 11 heteroatoms. The highest BCUT2D eigenvalue weighted by Crippen LogP contribution is 2.30. The van der Waals surface area contributed by atoms with Crippen molar-refractivity contribution >= 4 is 69.8 Å². The van der Waals surface area contributed by atoms with E-state index in [9.17, 15) is 0 Å². The monoisotopic (exact) mass is 480 g/mol. The molecule has 0 unspecified atom stereocenters. The van der Waals surface area contributed by atoms with E-state index in [0.717, 1.165) is 17.9 Å². The van der Waals surface area contributed by atoms with Crippen LogP contribution in [0.3, 0.4) is 0 Å². The molecule has 0 aliphatic rings. The molecule has 21 heavy (non-hydrogen) atoms. The van der Waals surface area contributed by atoms with Gasteiger partial charge in [0, 0.05) is 51.6 Å². The molecule has 0 saturated carbocycles. The van der Waals surface area contributed by atoms with Crippen LogP contribution in [0, 0.1) is 0 Å². The van der Waals surface area contributed by atoms with E-state index in [1.54, 1.807) is 42.7 Å². The van der Waals surface area contributed by atoms with E-state index in [1.165, 1.54) is 11.3 Å². The molecule has 122 valence electrons. The zero-order chi connectivity index (χ0) is 16.3. The van der Waals surface area contributed by atoms with Crippen molar-refractivity contribution in [3.8, 4) is 0 Å². The molecule has 1 rings (SSSR count). The van der Waals surface area contributed by atoms with Crippen molar-refractivity contribution in [2.45, 2.75) is 0 Å². The van der Waals surface area contributed by atoms with Gasteiger partial charge in [0.2, 0.25) is 0 Å². The number of rotatable bonds is 8. The summed E-state index contributed by atoms with van der Waals surface area (Å²) in [5, 5.41) is 0. The minimum absolute atomic E-state index is 0.794. The number of hydrogen-bond acceptors (Lipinski definition) is 7. The van der Waals surface area contributed by atoms with Crippen LogP contribution in [0.5, 0.6) is 0 Å². The Kier molecular flexibility index (Phi) is 7.68. The van der Waals surface area contributed by atoms with Crippen LogP contribution in [0.15, 0.2) is 8.95 Å². The zero-order valence-electron chi connectivity index (χ0n) is 12.6. The van der Waals surface area contributed by atoms with Crippen LogP contribution in [0.4, 0.5) is 0 Å². The van der Waals surface area contributed by atoms with Crippen molar-refractivity contribution < 1.29 is 26.6 Å². The molecule has 0 fully saturated rings. The SMILES string of the molecule is CO[Si](OC)(OC)c1sc([Si](OC)(OC)OC)c(Br)c1Br. The van der Waals surface area contributed by atoms with E-state index < -0.39 is 17.6 Å². The van der Waals surface area contributed by atoms with Crippen LogP contribution in [0.25, 0.3) is 0 Å². The fourth-order valence-corrected chi connectivity index (χ4v) is 11.7. The molecule has 0 radical (unpaired) electrons. The normalized spacial score (nSPS) is 13.0. The molecular formula is C10H18Br2O6SSi2. The Balaban J connectivity index is 3.52. The van der Waals surface area contributed by atoms with Gasteiger partial charge in [0.05, 0.1) is 9.00 Å². The standard InChI is InChI=1S/C10H18Br2O6SSi2/c1-13-20(14-2,15-3)9-7(11)8(12)10(19-9)21(16-4,17-5)18-6/h1-6H3. The third-order valence-corrected chi connectivity index (χ3v) is 14.1. The van der Waals surface area contributed by atoms with Gasteiger partial charge in [-0.15, -0.1) is 11.3 Å². The Morgan fingerprint density at radius 1 is 0.619 bits per heavy atom. The molecule has 0 spiro atoms. The molecule has 0 N–H and O–H groups in total. The van der Waals surface area contributed by atoms with Crippen LogP contribution in [0.2, 0.25) is 0 Å². The summed E-state index contributed by atoms with van der Waals surface area (Å²) >= 11 is 8.53. The molecule has 0 aromatic carbocycles. The summed E-state index contributed by atoms with van der Waals surface area (Å²) < 4.78 is 36.4. The predicted molar refractivity (Wildman–Crippen MR) is 92.5 cm³/mol. The summed E-state index contributed by atoms with van der Waals surface area (Å²) in [6, 6.07) is 0. The molecule has 0 bridgehead atoms. The Labute approximate surface area is 147 Å². The molecular weight excluding hydrogens is 464 g/mol. The van der Waals surface area contributed by atoms with Crippen molar-refractivity contribution in [3.05, 3.63) is 8.95 Å². The smallest absolute Gasteiger partial charge is 0.373 e. The molecule has 0 amide bonds. The summed E-state index contributed by atoms with van der Waals surface area (Å²) in [5.74, 6) is 0. The molecule has 6 nitrogen and oxygen atoms in total. The van der Waals surface area contributed by atoms with Gasteiger partial charge < -0.3 is 26.6 Å². The molecule has 0 saturated heterocycles. The van der Waals surface area contributed by atoms with E-state index in [4.69, 9.17) is 26.6 Å². The van der Waals surface area contributed by atoms with E-state index in [1.807, 2.05) is 0 Å². The van der Waals surface area contributed by atoms with Crippen LogP contribution in [-0.2, 0) is 26.6 Å². The average Bonchev–Trinajstić information content (AvgIpc) is 2.82. The molecule has 1 aromatic rings. The lowest BCUT2D eigenvalue weighted by molar-refractivity contribution is 0.141. The van der Waals surface area contributed by atoms with Gasteiger partial charge in [0.25, 0.3) is 0 Å². The molecule has 0 aliphatic heterocycles. The van der Waals surface area contributed by atoms with Crippen LogP contribution in [0.1, 0.15) is 0 Å². The quantitative estimate of drug-likeness (QED) is 0.523. The van der Waals surface area contributed by atoms with E-state index >= 15 is 0 Å². The fraction of sp³-hybridized carbons (Fsp3) is 0.600. The minimum Gasteiger partial charge on any atom is -0.373 e. The Morgan fingerprint density at radius 3 is 1.05 bits per heavy atom. The van der Waals surface area contributed by atoms with Crippen molar-refractivity contribution in [3.63, 3.8) is 0 Å². The van der Waals surface area contributed by atoms with E-state index in [0.29, 0.717) is 0 Å². The largest absolute Gasteiger partial charge is 0.548 e. The number of halogens is 2. The summed E-state index contributed by atoms with van der Waals surface area (Å²) in [6.45, 7) is 0. The molecule has 0 atom stereocenters. The van der Waals surface area contributed by atoms with Gasteiger partial charge in [-0.05, 0) is 31.9 Å². The first-order valence-electron chi connectivity index (χ1n) is 5.71. The second kappa shape index (κ2) is 8.10. The van der Waals surface area contributed by atoms with Crippen molar-refractivity contribution in [1.29, 1.82) is 0 Å². The van der Waals surface area contributed by atoms with Gasteiger partial charge in [0.1, 0.15) is 0 Å². The Bertz CT molecular complexity index is 421. The number of hydrogen-bond donors (Lipinski definition) is 0. The maximum atomic E-state index is 5.53. The third kappa shape index (κ3) is 3.38. The first-order chi connectivity index (χ1) is 9.91. The van der Waals surface area contributed by atoms with Gasteiger partial charge in [-0.3, -0.25) is 0 Å². The van der Waals surface area contributed by atoms with Gasteiger partial charge in [-0.1, -0.05) is 0 Å². The molecule has 0 aliphatic carbocycles. The highest BCUT2D eigenvalue weighted by molar-refractivity contribution is 9.13. The van der Waals surface area contributed by atoms with Gasteiger partial charge >= 0.3 is 17.6 Å². The second-order valence-corrected chi connectivity index (χ2v) is 12.7. The summed E-state index contributed by atoms with van der Waals surface area (Å²) in [7, 11) is 3.44. The Morgan fingerprint density at radius 2 is 0.857 bits per heavy atom. The average molecular weight is 482 g/mol. The van der Waals surface area contributed by atoms with Crippen LogP contribution < -0.4 is 9.00 Å². The maximum absolute atomic E-state index is 5.53. The topological polar surface area (TPSA) is 55.4 Å². The minimum atomic E-state index is -2.97. The maximum Gasteiger partial charge on any atom is 0.548 e. The summed E-state index contributed by atoms with van der Waals surface area (Å²) in [5.41, 5.74) is 0. The first-order valence-corrected chi connectivity index (χ1v) is 11.6. The van der Waals surface area contributed by atoms with Gasteiger partial charge in [0.15, 0.2) is 0 Å². The van der Waals surface area contributed by atoms with Crippen LogP contribution in [-0.4, -0.2) is 60.3 Å². The lowest BCUT2D eigenvalue weighted by Crippen LogP contribution is -2.55. The molecule has 1 heterocycles. The van der Waals surface area contributed by atoms with Crippen LogP contribution >= 0.6 is 43.2 Å². The van der Waals surface area contributed by atoms with Gasteiger partial charge in [-0.25, -0.2) is 0 Å². The summed E-state index contributed by atoms with van der Waals surface area (Å²) in [4.78, 5) is 0. The Hall–Kier alpha value is 0.854. The first kappa shape index (κ1) is 19.9. The molecule has 1 aromatic heterocycles. The third-order valence-electron chi connectivity index (χ3n) is 2.96. The van der Waals surface area contributed by atoms with E-state index in [2.05, 4.69) is 31.9 Å². The fourth-order valence-electron chi connectivity index (χ4n) is 1.84. The highest BCUT2D eigenvalue weighted by Gasteiger charge is 2.51. The number of thiophene rings is 1. The van der Waals surface area contributed by atoms with E-state index in [-0.39, 0.29) is 0 Å².